The molecule has 5 heteroatoms. The highest BCUT2D eigenvalue weighted by Crippen LogP contribution is 2.60. The third-order valence-corrected chi connectivity index (χ3v) is 6.35. The second-order valence-electron chi connectivity index (χ2n) is 7.97. The minimum atomic E-state index is 0.117. The number of aromatic nitrogens is 1. The molecule has 1 aromatic heterocycles. The first-order valence-corrected chi connectivity index (χ1v) is 8.99. The molecule has 0 aliphatic heterocycles. The Kier molecular flexibility index (Phi) is 3.62. The predicted octanol–water partition coefficient (Wildman–Crippen LogP) is 3.55. The first kappa shape index (κ1) is 15.0. The summed E-state index contributed by atoms with van der Waals surface area (Å²) in [6.07, 6.45) is 8.70. The van der Waals surface area contributed by atoms with Crippen LogP contribution in [0.15, 0.2) is 9.68 Å². The fourth-order valence-corrected chi connectivity index (χ4v) is 5.59. The Labute approximate surface area is 137 Å². The molecule has 4 fully saturated rings. The fraction of sp³-hybridized carbons (Fsp3) is 0.778. The molecule has 4 aliphatic carbocycles. The molecular weight excluding hydrogens is 290 g/mol. The van der Waals surface area contributed by atoms with Gasteiger partial charge >= 0.3 is 0 Å². The van der Waals surface area contributed by atoms with E-state index in [1.54, 1.807) is 0 Å². The molecule has 0 radical (unpaired) electrons. The van der Waals surface area contributed by atoms with Crippen molar-refractivity contribution in [2.75, 3.05) is 0 Å². The molecule has 5 rings (SSSR count). The molecule has 4 aliphatic rings. The van der Waals surface area contributed by atoms with Gasteiger partial charge in [-0.2, -0.15) is 0 Å². The van der Waals surface area contributed by atoms with Gasteiger partial charge in [-0.05, 0) is 69.6 Å². The molecule has 23 heavy (non-hydrogen) atoms. The molecule has 0 unspecified atom stereocenters. The topological polar surface area (TPSA) is 73.6 Å². The number of hydrogen-bond donors (Lipinski definition) is 1. The van der Waals surface area contributed by atoms with Gasteiger partial charge in [0.2, 0.25) is 0 Å². The Morgan fingerprint density at radius 3 is 2.43 bits per heavy atom. The summed E-state index contributed by atoms with van der Waals surface area (Å²) in [6.45, 7) is 4.37. The maximum absolute atomic E-state index is 6.41. The van der Waals surface area contributed by atoms with Crippen molar-refractivity contribution in [2.45, 2.75) is 65.4 Å². The van der Waals surface area contributed by atoms with Gasteiger partial charge in [0, 0.05) is 5.41 Å². The van der Waals surface area contributed by atoms with Crippen LogP contribution in [-0.2, 0) is 17.9 Å². The Balaban J connectivity index is 1.46. The van der Waals surface area contributed by atoms with E-state index in [0.29, 0.717) is 6.61 Å². The largest absolute Gasteiger partial charge is 0.389 e. The van der Waals surface area contributed by atoms with Crippen LogP contribution in [0, 0.1) is 30.1 Å². The summed E-state index contributed by atoms with van der Waals surface area (Å²) < 4.78 is 5.23. The summed E-state index contributed by atoms with van der Waals surface area (Å²) in [5.41, 5.74) is 8.48. The molecule has 126 valence electrons. The molecule has 4 saturated carbocycles. The Hall–Kier alpha value is -1.52. The van der Waals surface area contributed by atoms with Crippen molar-refractivity contribution in [1.82, 2.24) is 5.16 Å². The highest BCUT2D eigenvalue weighted by Gasteiger charge is 2.53. The van der Waals surface area contributed by atoms with Crippen molar-refractivity contribution in [3.63, 3.8) is 0 Å². The zero-order valence-electron chi connectivity index (χ0n) is 14.2. The summed E-state index contributed by atoms with van der Waals surface area (Å²) in [4.78, 5) is 5.62. The molecule has 1 aromatic rings. The summed E-state index contributed by atoms with van der Waals surface area (Å²) in [7, 11) is 0. The zero-order valence-corrected chi connectivity index (χ0v) is 14.2. The number of aryl methyl sites for hydroxylation is 2. The van der Waals surface area contributed by atoms with Crippen LogP contribution < -0.4 is 5.73 Å². The predicted molar refractivity (Wildman–Crippen MR) is 87.6 cm³/mol. The van der Waals surface area contributed by atoms with Crippen LogP contribution in [0.2, 0.25) is 0 Å². The first-order chi connectivity index (χ1) is 11.1. The minimum Gasteiger partial charge on any atom is -0.389 e. The highest BCUT2D eigenvalue weighted by molar-refractivity contribution is 5.86. The van der Waals surface area contributed by atoms with Crippen LogP contribution in [0.25, 0.3) is 0 Å². The minimum absolute atomic E-state index is 0.117. The van der Waals surface area contributed by atoms with Crippen LogP contribution in [0.4, 0.5) is 0 Å². The van der Waals surface area contributed by atoms with Crippen molar-refractivity contribution in [1.29, 1.82) is 0 Å². The molecule has 0 amide bonds. The molecule has 0 atom stereocenters. The lowest BCUT2D eigenvalue weighted by Crippen LogP contribution is -2.52. The maximum atomic E-state index is 6.41. The normalized spacial score (nSPS) is 35.7. The first-order valence-electron chi connectivity index (χ1n) is 8.99. The van der Waals surface area contributed by atoms with Crippen molar-refractivity contribution in [2.24, 2.45) is 34.1 Å². The van der Waals surface area contributed by atoms with Gasteiger partial charge in [0.25, 0.3) is 0 Å². The van der Waals surface area contributed by atoms with E-state index in [0.717, 1.165) is 47.0 Å². The second-order valence-corrected chi connectivity index (χ2v) is 7.97. The van der Waals surface area contributed by atoms with Crippen molar-refractivity contribution < 1.29 is 9.36 Å². The molecular formula is C18H27N3O2. The number of nitrogens with two attached hydrogens (primary N) is 1. The van der Waals surface area contributed by atoms with E-state index in [2.05, 4.69) is 17.2 Å². The summed E-state index contributed by atoms with van der Waals surface area (Å²) >= 11 is 0. The van der Waals surface area contributed by atoms with E-state index in [4.69, 9.17) is 15.1 Å². The third kappa shape index (κ3) is 2.54. The second kappa shape index (κ2) is 5.53. The van der Waals surface area contributed by atoms with E-state index in [-0.39, 0.29) is 5.41 Å². The van der Waals surface area contributed by atoms with Crippen molar-refractivity contribution in [3.8, 4) is 0 Å². The van der Waals surface area contributed by atoms with E-state index in [1.807, 2.05) is 6.92 Å². The van der Waals surface area contributed by atoms with E-state index in [1.165, 1.54) is 38.5 Å². The van der Waals surface area contributed by atoms with Gasteiger partial charge in [-0.25, -0.2) is 0 Å². The average Bonchev–Trinajstić information content (AvgIpc) is 2.86. The molecule has 0 aromatic carbocycles. The maximum Gasteiger partial charge on any atom is 0.147 e. The molecule has 1 heterocycles. The van der Waals surface area contributed by atoms with Gasteiger partial charge in [0.1, 0.15) is 18.2 Å². The van der Waals surface area contributed by atoms with Crippen LogP contribution in [0.5, 0.6) is 0 Å². The standard InChI is InChI=1S/C18H27N3O2/c1-3-16-15(11(2)23-20-16)10-22-21-17(19)18-7-12-4-13(8-18)6-14(5-12)9-18/h12-14H,3-10H2,1-2H3,(H2,19,21). The van der Waals surface area contributed by atoms with Gasteiger partial charge in [0.15, 0.2) is 0 Å². The number of nitrogens with zero attached hydrogens (tertiary/aromatic N) is 2. The summed E-state index contributed by atoms with van der Waals surface area (Å²) in [5, 5.41) is 8.38. The lowest BCUT2D eigenvalue weighted by atomic mass is 9.49. The van der Waals surface area contributed by atoms with Crippen LogP contribution in [0.1, 0.15) is 62.5 Å². The molecule has 4 bridgehead atoms. The smallest absolute Gasteiger partial charge is 0.147 e. The van der Waals surface area contributed by atoms with Gasteiger partial charge in [-0.3, -0.25) is 0 Å². The molecule has 2 N–H and O–H groups in total. The van der Waals surface area contributed by atoms with Gasteiger partial charge in [-0.1, -0.05) is 17.2 Å². The van der Waals surface area contributed by atoms with Gasteiger partial charge in [0.05, 0.1) is 11.3 Å². The van der Waals surface area contributed by atoms with Crippen LogP contribution in [0.3, 0.4) is 0 Å². The number of rotatable bonds is 5. The average molecular weight is 317 g/mol. The number of oxime groups is 1. The highest BCUT2D eigenvalue weighted by atomic mass is 16.6. The van der Waals surface area contributed by atoms with Crippen molar-refractivity contribution in [3.05, 3.63) is 17.0 Å². The molecule has 0 saturated heterocycles. The van der Waals surface area contributed by atoms with Gasteiger partial charge < -0.3 is 15.1 Å². The van der Waals surface area contributed by atoms with Crippen molar-refractivity contribution >= 4 is 5.84 Å². The Bertz CT molecular complexity index is 584. The lowest BCUT2D eigenvalue weighted by Gasteiger charge is -2.56. The van der Waals surface area contributed by atoms with E-state index < -0.39 is 0 Å². The molecule has 5 nitrogen and oxygen atoms in total. The number of hydrogen-bond acceptors (Lipinski definition) is 4. The van der Waals surface area contributed by atoms with E-state index in [9.17, 15) is 0 Å². The Morgan fingerprint density at radius 2 is 1.87 bits per heavy atom. The monoisotopic (exact) mass is 317 g/mol. The van der Waals surface area contributed by atoms with Crippen LogP contribution in [-0.4, -0.2) is 11.0 Å². The summed E-state index contributed by atoms with van der Waals surface area (Å²) in [5.74, 6) is 4.13. The Morgan fingerprint density at radius 1 is 1.26 bits per heavy atom. The summed E-state index contributed by atoms with van der Waals surface area (Å²) in [6, 6.07) is 0. The molecule has 0 spiro atoms. The lowest BCUT2D eigenvalue weighted by molar-refractivity contribution is -0.0159. The quantitative estimate of drug-likeness (QED) is 0.512. The van der Waals surface area contributed by atoms with Crippen LogP contribution >= 0.6 is 0 Å². The zero-order chi connectivity index (χ0) is 16.0. The van der Waals surface area contributed by atoms with E-state index >= 15 is 0 Å². The third-order valence-electron chi connectivity index (χ3n) is 6.35. The fourth-order valence-electron chi connectivity index (χ4n) is 5.59. The SMILES string of the molecule is CCc1noc(C)c1CO/N=C(/N)C12CC3CC(CC(C3)C1)C2. The number of amidine groups is 1. The van der Waals surface area contributed by atoms with Gasteiger partial charge in [-0.15, -0.1) is 0 Å².